The highest BCUT2D eigenvalue weighted by molar-refractivity contribution is 6.32. The Kier molecular flexibility index (Phi) is 6.54. The number of aromatic nitrogens is 2. The highest BCUT2D eigenvalue weighted by atomic mass is 35.5. The number of alkyl halides is 1. The van der Waals surface area contributed by atoms with Gasteiger partial charge in [-0.15, -0.1) is 11.6 Å². The van der Waals surface area contributed by atoms with Crippen LogP contribution in [0.3, 0.4) is 0 Å². The summed E-state index contributed by atoms with van der Waals surface area (Å²) in [7, 11) is 0. The zero-order valence-corrected chi connectivity index (χ0v) is 16.3. The molecule has 140 valence electrons. The molecule has 0 N–H and O–H groups in total. The van der Waals surface area contributed by atoms with Gasteiger partial charge in [-0.25, -0.2) is 4.79 Å². The van der Waals surface area contributed by atoms with Crippen molar-refractivity contribution >= 4 is 23.2 Å². The molecule has 0 saturated carbocycles. The Hall–Kier alpha value is -2.30. The molecule has 0 bridgehead atoms. The van der Waals surface area contributed by atoms with Crippen LogP contribution < -0.4 is 11.2 Å². The molecule has 0 aliphatic carbocycles. The third-order valence-corrected chi connectivity index (χ3v) is 5.04. The van der Waals surface area contributed by atoms with Crippen LogP contribution in [0.15, 0.2) is 70.3 Å². The smallest absolute Gasteiger partial charge is 0.279 e. The molecule has 0 saturated heterocycles. The van der Waals surface area contributed by atoms with Crippen LogP contribution in [0, 0.1) is 0 Å². The monoisotopic (exact) mass is 402 g/mol. The topological polar surface area (TPSA) is 44.0 Å². The first-order valence-corrected chi connectivity index (χ1v) is 9.73. The number of unbranched alkanes of at least 4 members (excludes halogenated alkanes) is 1. The molecule has 1 aromatic heterocycles. The maximum Gasteiger partial charge on any atom is 0.332 e. The number of hydrogen-bond acceptors (Lipinski definition) is 2. The molecule has 3 rings (SSSR count). The Bertz CT molecular complexity index is 1010. The first-order valence-electron chi connectivity index (χ1n) is 8.82. The maximum absolute atomic E-state index is 13.0. The normalized spacial score (nSPS) is 10.9. The van der Waals surface area contributed by atoms with Gasteiger partial charge >= 0.3 is 5.69 Å². The van der Waals surface area contributed by atoms with E-state index in [2.05, 4.69) is 0 Å². The predicted molar refractivity (Wildman–Crippen MR) is 111 cm³/mol. The molecule has 0 amide bonds. The van der Waals surface area contributed by atoms with Crippen molar-refractivity contribution in [2.24, 2.45) is 0 Å². The molecule has 0 aliphatic rings. The van der Waals surface area contributed by atoms with Gasteiger partial charge < -0.3 is 0 Å². The zero-order chi connectivity index (χ0) is 19.2. The third kappa shape index (κ3) is 4.34. The Balaban J connectivity index is 2.18. The summed E-state index contributed by atoms with van der Waals surface area (Å²) in [6, 6.07) is 18.8. The number of hydrogen-bond donors (Lipinski definition) is 0. The van der Waals surface area contributed by atoms with Crippen LogP contribution >= 0.6 is 23.2 Å². The van der Waals surface area contributed by atoms with Crippen LogP contribution in [0.5, 0.6) is 0 Å². The van der Waals surface area contributed by atoms with Crippen LogP contribution in [0.2, 0.25) is 5.15 Å². The number of nitrogens with zero attached hydrogens (tertiary/aromatic N) is 2. The Labute approximate surface area is 167 Å². The first kappa shape index (κ1) is 19.5. The minimum absolute atomic E-state index is 0.161. The van der Waals surface area contributed by atoms with E-state index < -0.39 is 5.69 Å². The van der Waals surface area contributed by atoms with E-state index in [0.717, 1.165) is 12.0 Å². The molecular weight excluding hydrogens is 383 g/mol. The van der Waals surface area contributed by atoms with Gasteiger partial charge in [-0.1, -0.05) is 72.3 Å². The van der Waals surface area contributed by atoms with Gasteiger partial charge in [-0.3, -0.25) is 13.9 Å². The lowest BCUT2D eigenvalue weighted by molar-refractivity contribution is 0.548. The third-order valence-electron chi connectivity index (χ3n) is 4.38. The molecule has 0 spiro atoms. The molecule has 27 heavy (non-hydrogen) atoms. The van der Waals surface area contributed by atoms with Gasteiger partial charge in [0, 0.05) is 12.4 Å². The van der Waals surface area contributed by atoms with E-state index in [1.807, 2.05) is 60.7 Å². The molecule has 4 nitrogen and oxygen atoms in total. The van der Waals surface area contributed by atoms with Crippen LogP contribution in [0.4, 0.5) is 0 Å². The van der Waals surface area contributed by atoms with E-state index in [1.165, 1.54) is 9.13 Å². The van der Waals surface area contributed by atoms with Gasteiger partial charge in [-0.2, -0.15) is 0 Å². The lowest BCUT2D eigenvalue weighted by Crippen LogP contribution is -2.41. The van der Waals surface area contributed by atoms with E-state index >= 15 is 0 Å². The highest BCUT2D eigenvalue weighted by Crippen LogP contribution is 2.23. The Morgan fingerprint density at radius 1 is 0.815 bits per heavy atom. The lowest BCUT2D eigenvalue weighted by atomic mass is 10.1. The Morgan fingerprint density at radius 3 is 2.07 bits per heavy atom. The summed E-state index contributed by atoms with van der Waals surface area (Å²) < 4.78 is 2.73. The van der Waals surface area contributed by atoms with Crippen molar-refractivity contribution in [3.8, 4) is 11.1 Å². The molecule has 0 aliphatic heterocycles. The second kappa shape index (κ2) is 9.07. The molecule has 0 radical (unpaired) electrons. The quantitative estimate of drug-likeness (QED) is 0.334. The largest absolute Gasteiger partial charge is 0.332 e. The summed E-state index contributed by atoms with van der Waals surface area (Å²) in [4.78, 5) is 26.0. The van der Waals surface area contributed by atoms with Crippen molar-refractivity contribution < 1.29 is 0 Å². The molecule has 1 heterocycles. The predicted octanol–water partition coefficient (Wildman–Crippen LogP) is 4.40. The SMILES string of the molecule is O=c1c(-c2ccccc2)c(Cl)n(Cc2ccccc2)c(=O)n1CCCCCl. The summed E-state index contributed by atoms with van der Waals surface area (Å²) in [5.41, 5.74) is 1.21. The van der Waals surface area contributed by atoms with Crippen molar-refractivity contribution in [3.05, 3.63) is 92.2 Å². The molecule has 0 unspecified atom stereocenters. The van der Waals surface area contributed by atoms with Gasteiger partial charge in [0.05, 0.1) is 12.1 Å². The lowest BCUT2D eigenvalue weighted by Gasteiger charge is -2.16. The minimum Gasteiger partial charge on any atom is -0.279 e. The van der Waals surface area contributed by atoms with Crippen molar-refractivity contribution in [2.75, 3.05) is 5.88 Å². The van der Waals surface area contributed by atoms with Gasteiger partial charge in [-0.05, 0) is 24.0 Å². The van der Waals surface area contributed by atoms with Crippen molar-refractivity contribution in [1.29, 1.82) is 0 Å². The first-order chi connectivity index (χ1) is 13.1. The summed E-state index contributed by atoms with van der Waals surface area (Å²) >= 11 is 12.3. The number of halogens is 2. The van der Waals surface area contributed by atoms with Crippen LogP contribution in [-0.2, 0) is 13.1 Å². The standard InChI is InChI=1S/C21H20Cl2N2O2/c22-13-7-8-14-24-20(26)18(17-11-5-2-6-12-17)19(23)25(21(24)27)15-16-9-3-1-4-10-16/h1-6,9-12H,7-8,13-15H2. The fourth-order valence-electron chi connectivity index (χ4n) is 2.99. The second-order valence-corrected chi connectivity index (χ2v) is 6.98. The average molecular weight is 403 g/mol. The molecule has 0 atom stereocenters. The number of benzene rings is 2. The Morgan fingerprint density at radius 2 is 1.44 bits per heavy atom. The van der Waals surface area contributed by atoms with Crippen LogP contribution in [-0.4, -0.2) is 15.0 Å². The summed E-state index contributed by atoms with van der Waals surface area (Å²) in [6.45, 7) is 0.615. The van der Waals surface area contributed by atoms with Gasteiger partial charge in [0.2, 0.25) is 0 Å². The summed E-state index contributed by atoms with van der Waals surface area (Å²) in [6.07, 6.45) is 1.38. The van der Waals surface area contributed by atoms with Crippen LogP contribution in [0.1, 0.15) is 18.4 Å². The van der Waals surface area contributed by atoms with E-state index in [0.29, 0.717) is 36.5 Å². The second-order valence-electron chi connectivity index (χ2n) is 6.24. The van der Waals surface area contributed by atoms with Crippen LogP contribution in [0.25, 0.3) is 11.1 Å². The van der Waals surface area contributed by atoms with Crippen molar-refractivity contribution in [3.63, 3.8) is 0 Å². The molecule has 3 aromatic rings. The molecule has 0 fully saturated rings. The van der Waals surface area contributed by atoms with Crippen molar-refractivity contribution in [2.45, 2.75) is 25.9 Å². The fourth-order valence-corrected chi connectivity index (χ4v) is 3.50. The fraction of sp³-hybridized carbons (Fsp3) is 0.238. The highest BCUT2D eigenvalue weighted by Gasteiger charge is 2.19. The molecule has 6 heteroatoms. The maximum atomic E-state index is 13.0. The minimum atomic E-state index is -0.400. The average Bonchev–Trinajstić information content (AvgIpc) is 2.70. The van der Waals surface area contributed by atoms with Gasteiger partial charge in [0.25, 0.3) is 5.56 Å². The van der Waals surface area contributed by atoms with E-state index in [9.17, 15) is 9.59 Å². The van der Waals surface area contributed by atoms with Gasteiger partial charge in [0.15, 0.2) is 0 Å². The molecule has 2 aromatic carbocycles. The van der Waals surface area contributed by atoms with E-state index in [4.69, 9.17) is 23.2 Å². The molecular formula is C21H20Cl2N2O2. The number of rotatable bonds is 7. The van der Waals surface area contributed by atoms with Crippen molar-refractivity contribution in [1.82, 2.24) is 9.13 Å². The summed E-state index contributed by atoms with van der Waals surface area (Å²) in [5.74, 6) is 0.492. The zero-order valence-electron chi connectivity index (χ0n) is 14.8. The van der Waals surface area contributed by atoms with E-state index in [-0.39, 0.29) is 10.7 Å². The summed E-state index contributed by atoms with van der Waals surface area (Å²) in [5, 5.41) is 0.161. The van der Waals surface area contributed by atoms with Gasteiger partial charge in [0.1, 0.15) is 5.15 Å². The van der Waals surface area contributed by atoms with E-state index in [1.54, 1.807) is 0 Å².